The minimum Gasteiger partial charge on any atom is -0.480 e. The van der Waals surface area contributed by atoms with Crippen LogP contribution in [0.3, 0.4) is 0 Å². The van der Waals surface area contributed by atoms with Crippen molar-refractivity contribution in [2.45, 2.75) is 31.2 Å². The van der Waals surface area contributed by atoms with Crippen LogP contribution in [0.4, 0.5) is 0 Å². The summed E-state index contributed by atoms with van der Waals surface area (Å²) in [6.45, 7) is 3.67. The highest BCUT2D eigenvalue weighted by Gasteiger charge is 2.26. The van der Waals surface area contributed by atoms with Crippen LogP contribution in [0.15, 0.2) is 33.6 Å². The number of benzene rings is 1. The molecule has 106 valence electrons. The summed E-state index contributed by atoms with van der Waals surface area (Å²) < 4.78 is 27.0. The molecule has 0 aliphatic carbocycles. The van der Waals surface area contributed by atoms with Gasteiger partial charge in [0.1, 0.15) is 6.04 Å². The van der Waals surface area contributed by atoms with Crippen molar-refractivity contribution in [3.8, 4) is 0 Å². The van der Waals surface area contributed by atoms with Gasteiger partial charge in [-0.05, 0) is 30.5 Å². The van der Waals surface area contributed by atoms with E-state index in [0.717, 1.165) is 0 Å². The van der Waals surface area contributed by atoms with Gasteiger partial charge in [-0.1, -0.05) is 35.8 Å². The highest BCUT2D eigenvalue weighted by molar-refractivity contribution is 9.10. The Morgan fingerprint density at radius 2 is 2.05 bits per heavy atom. The topological polar surface area (TPSA) is 83.5 Å². The van der Waals surface area contributed by atoms with E-state index in [-0.39, 0.29) is 17.2 Å². The van der Waals surface area contributed by atoms with Crippen LogP contribution in [0.25, 0.3) is 0 Å². The SMILES string of the molecule is CC(C)CC(NS(=O)(=O)c1cccc(Br)c1)C(=O)O. The maximum absolute atomic E-state index is 12.1. The Balaban J connectivity index is 2.97. The Morgan fingerprint density at radius 3 is 2.53 bits per heavy atom. The average Bonchev–Trinajstić information content (AvgIpc) is 2.27. The third-order valence-corrected chi connectivity index (χ3v) is 4.37. The summed E-state index contributed by atoms with van der Waals surface area (Å²) in [5, 5.41) is 9.05. The summed E-state index contributed by atoms with van der Waals surface area (Å²) >= 11 is 3.18. The molecular weight excluding hydrogens is 334 g/mol. The largest absolute Gasteiger partial charge is 0.480 e. The second-order valence-corrected chi connectivity index (χ2v) is 7.23. The molecule has 0 aliphatic rings. The van der Waals surface area contributed by atoms with Gasteiger partial charge in [0.2, 0.25) is 10.0 Å². The highest BCUT2D eigenvalue weighted by atomic mass is 79.9. The summed E-state index contributed by atoms with van der Waals surface area (Å²) in [7, 11) is -3.83. The molecule has 0 fully saturated rings. The zero-order valence-electron chi connectivity index (χ0n) is 10.6. The average molecular weight is 350 g/mol. The standard InChI is InChI=1S/C12H16BrNO4S/c1-8(2)6-11(12(15)16)14-19(17,18)10-5-3-4-9(13)7-10/h3-5,7-8,11,14H,6H2,1-2H3,(H,15,16). The third-order valence-electron chi connectivity index (χ3n) is 2.41. The normalized spacial score (nSPS) is 13.5. The first kappa shape index (κ1) is 16.1. The molecule has 0 saturated carbocycles. The lowest BCUT2D eigenvalue weighted by Crippen LogP contribution is -2.41. The van der Waals surface area contributed by atoms with Crippen molar-refractivity contribution in [3.63, 3.8) is 0 Å². The van der Waals surface area contributed by atoms with E-state index < -0.39 is 22.0 Å². The monoisotopic (exact) mass is 349 g/mol. The Morgan fingerprint density at radius 1 is 1.42 bits per heavy atom. The lowest BCUT2D eigenvalue weighted by atomic mass is 10.1. The van der Waals surface area contributed by atoms with Gasteiger partial charge in [-0.15, -0.1) is 0 Å². The number of aliphatic carboxylic acids is 1. The number of carboxylic acids is 1. The van der Waals surface area contributed by atoms with Crippen LogP contribution in [-0.4, -0.2) is 25.5 Å². The van der Waals surface area contributed by atoms with Crippen molar-refractivity contribution in [1.82, 2.24) is 4.72 Å². The number of carboxylic acid groups (broad SMARTS) is 1. The molecule has 0 aromatic heterocycles. The maximum atomic E-state index is 12.1. The van der Waals surface area contributed by atoms with Crippen molar-refractivity contribution in [3.05, 3.63) is 28.7 Å². The highest BCUT2D eigenvalue weighted by Crippen LogP contribution is 2.17. The zero-order valence-corrected chi connectivity index (χ0v) is 13.0. The fraction of sp³-hybridized carbons (Fsp3) is 0.417. The summed E-state index contributed by atoms with van der Waals surface area (Å²) in [6.07, 6.45) is 0.239. The van der Waals surface area contributed by atoms with Crippen LogP contribution in [0.1, 0.15) is 20.3 Å². The van der Waals surface area contributed by atoms with Crippen LogP contribution in [-0.2, 0) is 14.8 Å². The molecule has 7 heteroatoms. The first-order chi connectivity index (χ1) is 8.72. The molecule has 5 nitrogen and oxygen atoms in total. The molecule has 0 spiro atoms. The van der Waals surface area contributed by atoms with Crippen molar-refractivity contribution >= 4 is 31.9 Å². The number of nitrogens with one attached hydrogen (secondary N) is 1. The molecule has 0 bridgehead atoms. The van der Waals surface area contributed by atoms with Gasteiger partial charge in [0, 0.05) is 4.47 Å². The number of sulfonamides is 1. The van der Waals surface area contributed by atoms with Crippen LogP contribution in [0.2, 0.25) is 0 Å². The van der Waals surface area contributed by atoms with Gasteiger partial charge < -0.3 is 5.11 Å². The Bertz CT molecular complexity index is 557. The molecule has 1 unspecified atom stereocenters. The van der Waals surface area contributed by atoms with Crippen LogP contribution in [0.5, 0.6) is 0 Å². The summed E-state index contributed by atoms with van der Waals surface area (Å²) in [5.74, 6) is -1.10. The fourth-order valence-corrected chi connectivity index (χ4v) is 3.36. The van der Waals surface area contributed by atoms with E-state index in [1.165, 1.54) is 12.1 Å². The van der Waals surface area contributed by atoms with E-state index in [9.17, 15) is 13.2 Å². The minimum absolute atomic E-state index is 0.0388. The van der Waals surface area contributed by atoms with E-state index in [4.69, 9.17) is 5.11 Å². The van der Waals surface area contributed by atoms with Crippen molar-refractivity contribution in [2.75, 3.05) is 0 Å². The number of hydrogen-bond acceptors (Lipinski definition) is 3. The van der Waals surface area contributed by atoms with E-state index in [1.807, 2.05) is 13.8 Å². The summed E-state index contributed by atoms with van der Waals surface area (Å²) in [6, 6.07) is 5.00. The van der Waals surface area contributed by atoms with Crippen molar-refractivity contribution in [1.29, 1.82) is 0 Å². The van der Waals surface area contributed by atoms with Gasteiger partial charge in [0.25, 0.3) is 0 Å². The van der Waals surface area contributed by atoms with E-state index >= 15 is 0 Å². The summed E-state index contributed by atoms with van der Waals surface area (Å²) in [5.41, 5.74) is 0. The fourth-order valence-electron chi connectivity index (χ4n) is 1.56. The first-order valence-electron chi connectivity index (χ1n) is 5.73. The molecule has 0 amide bonds. The molecule has 1 rings (SSSR count). The Labute approximate surface area is 121 Å². The van der Waals surface area contributed by atoms with E-state index in [0.29, 0.717) is 4.47 Å². The van der Waals surface area contributed by atoms with Crippen LogP contribution < -0.4 is 4.72 Å². The maximum Gasteiger partial charge on any atom is 0.321 e. The molecule has 1 aromatic carbocycles. The second kappa shape index (κ2) is 6.49. The molecule has 0 aliphatic heterocycles. The number of carbonyl (C=O) groups is 1. The molecular formula is C12H16BrNO4S. The molecule has 2 N–H and O–H groups in total. The minimum atomic E-state index is -3.83. The van der Waals surface area contributed by atoms with E-state index in [1.54, 1.807) is 12.1 Å². The second-order valence-electron chi connectivity index (χ2n) is 4.60. The molecule has 1 aromatic rings. The van der Waals surface area contributed by atoms with Gasteiger partial charge >= 0.3 is 5.97 Å². The van der Waals surface area contributed by atoms with Crippen molar-refractivity contribution < 1.29 is 18.3 Å². The van der Waals surface area contributed by atoms with Crippen LogP contribution in [0, 0.1) is 5.92 Å². The quantitative estimate of drug-likeness (QED) is 0.824. The number of halogens is 1. The third kappa shape index (κ3) is 4.93. The van der Waals surface area contributed by atoms with Gasteiger partial charge in [-0.3, -0.25) is 4.79 Å². The lowest BCUT2D eigenvalue weighted by Gasteiger charge is -2.16. The first-order valence-corrected chi connectivity index (χ1v) is 8.00. The van der Waals surface area contributed by atoms with Gasteiger partial charge in [-0.2, -0.15) is 4.72 Å². The van der Waals surface area contributed by atoms with Crippen molar-refractivity contribution in [2.24, 2.45) is 5.92 Å². The lowest BCUT2D eigenvalue weighted by molar-refractivity contribution is -0.139. The Hall–Kier alpha value is -0.920. The molecule has 19 heavy (non-hydrogen) atoms. The molecule has 0 radical (unpaired) electrons. The molecule has 0 heterocycles. The van der Waals surface area contributed by atoms with Gasteiger partial charge in [0.05, 0.1) is 4.90 Å². The smallest absolute Gasteiger partial charge is 0.321 e. The summed E-state index contributed by atoms with van der Waals surface area (Å²) in [4.78, 5) is 11.1. The zero-order chi connectivity index (χ0) is 14.6. The Kier molecular flexibility index (Phi) is 5.51. The molecule has 0 saturated heterocycles. The number of rotatable bonds is 6. The number of hydrogen-bond donors (Lipinski definition) is 2. The van der Waals surface area contributed by atoms with Gasteiger partial charge in [-0.25, -0.2) is 8.42 Å². The van der Waals surface area contributed by atoms with E-state index in [2.05, 4.69) is 20.7 Å². The predicted molar refractivity (Wildman–Crippen MR) is 75.3 cm³/mol. The van der Waals surface area contributed by atoms with Crippen LogP contribution >= 0.6 is 15.9 Å². The van der Waals surface area contributed by atoms with Gasteiger partial charge in [0.15, 0.2) is 0 Å². The molecule has 1 atom stereocenters. The predicted octanol–water partition coefficient (Wildman–Crippen LogP) is 2.23.